The van der Waals surface area contributed by atoms with E-state index in [4.69, 9.17) is 23.7 Å². The van der Waals surface area contributed by atoms with Gasteiger partial charge in [-0.1, -0.05) is 13.3 Å². The van der Waals surface area contributed by atoms with Crippen LogP contribution in [0.4, 0.5) is 0 Å². The van der Waals surface area contributed by atoms with Crippen LogP contribution in [0.3, 0.4) is 0 Å². The smallest absolute Gasteiger partial charge is 0.203 e. The highest BCUT2D eigenvalue weighted by atomic mass is 16.5. The Bertz CT molecular complexity index is 906. The number of phenols is 1. The molecule has 0 aromatic heterocycles. The lowest BCUT2D eigenvalue weighted by atomic mass is 9.89. The third-order valence-corrected chi connectivity index (χ3v) is 5.65. The molecular weight excluding hydrogens is 384 g/mol. The highest BCUT2D eigenvalue weighted by molar-refractivity contribution is 5.88. The summed E-state index contributed by atoms with van der Waals surface area (Å²) in [6.45, 7) is 4.62. The first-order chi connectivity index (χ1) is 14.6. The third-order valence-electron chi connectivity index (χ3n) is 5.65. The van der Waals surface area contributed by atoms with Gasteiger partial charge in [0.05, 0.1) is 34.5 Å². The fourth-order valence-corrected chi connectivity index (χ4v) is 4.39. The van der Waals surface area contributed by atoms with Crippen LogP contribution in [0.5, 0.6) is 28.7 Å². The molecule has 0 bridgehead atoms. The quantitative estimate of drug-likeness (QED) is 0.648. The summed E-state index contributed by atoms with van der Waals surface area (Å²) in [5, 5.41) is 11.4. The van der Waals surface area contributed by atoms with E-state index < -0.39 is 0 Å². The van der Waals surface area contributed by atoms with E-state index in [1.54, 1.807) is 28.4 Å². The number of methoxy groups -OCH3 is 4. The predicted octanol–water partition coefficient (Wildman–Crippen LogP) is 5.07. The first kappa shape index (κ1) is 22.1. The number of hydrogen-bond donors (Lipinski definition) is 1. The zero-order chi connectivity index (χ0) is 21.8. The Kier molecular flexibility index (Phi) is 6.98. The molecule has 0 spiro atoms. The van der Waals surface area contributed by atoms with Crippen LogP contribution in [0.1, 0.15) is 49.5 Å². The molecule has 1 aliphatic rings. The van der Waals surface area contributed by atoms with Gasteiger partial charge in [0.1, 0.15) is 11.5 Å². The van der Waals surface area contributed by atoms with Crippen LogP contribution in [0.2, 0.25) is 0 Å². The molecule has 0 unspecified atom stereocenters. The Hall–Kier alpha value is -2.60. The van der Waals surface area contributed by atoms with Crippen LogP contribution < -0.4 is 18.9 Å². The molecule has 6 heteroatoms. The first-order valence-corrected chi connectivity index (χ1v) is 10.4. The zero-order valence-electron chi connectivity index (χ0n) is 18.8. The van der Waals surface area contributed by atoms with Crippen molar-refractivity contribution in [3.05, 3.63) is 28.8 Å². The average molecular weight is 417 g/mol. The highest BCUT2D eigenvalue weighted by Gasteiger charge is 2.34. The van der Waals surface area contributed by atoms with E-state index in [1.807, 2.05) is 19.1 Å². The van der Waals surface area contributed by atoms with E-state index in [-0.39, 0.29) is 11.9 Å². The van der Waals surface area contributed by atoms with Gasteiger partial charge in [0.2, 0.25) is 5.75 Å². The molecule has 0 radical (unpaired) electrons. The normalized spacial score (nSPS) is 15.1. The molecule has 1 atom stereocenters. The van der Waals surface area contributed by atoms with Gasteiger partial charge in [-0.2, -0.15) is 0 Å². The van der Waals surface area contributed by atoms with Gasteiger partial charge in [0.25, 0.3) is 0 Å². The zero-order valence-corrected chi connectivity index (χ0v) is 18.8. The van der Waals surface area contributed by atoms with Gasteiger partial charge in [0.15, 0.2) is 11.5 Å². The van der Waals surface area contributed by atoms with Crippen molar-refractivity contribution < 1.29 is 28.8 Å². The minimum Gasteiger partial charge on any atom is -0.507 e. The summed E-state index contributed by atoms with van der Waals surface area (Å²) >= 11 is 0. The second kappa shape index (κ2) is 9.47. The molecule has 0 aliphatic heterocycles. The van der Waals surface area contributed by atoms with E-state index in [2.05, 4.69) is 6.92 Å². The summed E-state index contributed by atoms with van der Waals surface area (Å²) in [6, 6.07) is 3.90. The number of hydrogen-bond acceptors (Lipinski definition) is 6. The van der Waals surface area contributed by atoms with Crippen molar-refractivity contribution in [1.82, 2.24) is 0 Å². The number of phenolic OH excluding ortho intramolecular Hbond substituents is 1. The lowest BCUT2D eigenvalue weighted by Gasteiger charge is -2.24. The molecule has 2 aromatic carbocycles. The largest absolute Gasteiger partial charge is 0.507 e. The second-order valence-electron chi connectivity index (χ2n) is 7.29. The number of aromatic hydroxyl groups is 1. The summed E-state index contributed by atoms with van der Waals surface area (Å²) in [7, 11) is 6.45. The minimum atomic E-state index is -0.212. The Balaban J connectivity index is 2.47. The second-order valence-corrected chi connectivity index (χ2v) is 7.29. The van der Waals surface area contributed by atoms with Crippen molar-refractivity contribution in [3.63, 3.8) is 0 Å². The van der Waals surface area contributed by atoms with Crippen molar-refractivity contribution in [2.75, 3.05) is 35.0 Å². The monoisotopic (exact) mass is 416 g/mol. The van der Waals surface area contributed by atoms with Crippen molar-refractivity contribution in [1.29, 1.82) is 0 Å². The maximum absolute atomic E-state index is 11.4. The molecular formula is C24H32O6. The molecule has 1 aliphatic carbocycles. The van der Waals surface area contributed by atoms with Crippen LogP contribution >= 0.6 is 0 Å². The molecule has 2 aromatic rings. The summed E-state index contributed by atoms with van der Waals surface area (Å²) in [5.74, 6) is 2.59. The fraction of sp³-hybridized carbons (Fsp3) is 0.500. The van der Waals surface area contributed by atoms with Gasteiger partial charge >= 0.3 is 0 Å². The molecule has 0 saturated carbocycles. The molecule has 0 fully saturated rings. The van der Waals surface area contributed by atoms with Gasteiger partial charge in [-0.05, 0) is 49.4 Å². The van der Waals surface area contributed by atoms with Crippen LogP contribution in [0.25, 0.3) is 11.1 Å². The van der Waals surface area contributed by atoms with Crippen molar-refractivity contribution in [2.24, 2.45) is 0 Å². The third kappa shape index (κ3) is 3.65. The Morgan fingerprint density at radius 1 is 0.900 bits per heavy atom. The maximum Gasteiger partial charge on any atom is 0.203 e. The van der Waals surface area contributed by atoms with E-state index in [1.165, 1.54) is 0 Å². The standard InChI is InChI=1S/C24H32O6/c1-7-9-15-13-17(26-3)20-16(30-8-2)11-10-14-12-18(27-4)23(28-5)24(29-6)19(14)21(20)22(15)25/h12-13,16,25H,7-11H2,1-6H3/t16-/m0/s1. The number of ether oxygens (including phenoxy) is 5. The first-order valence-electron chi connectivity index (χ1n) is 10.4. The minimum absolute atomic E-state index is 0.212. The molecule has 3 rings (SSSR count). The molecule has 1 N–H and O–H groups in total. The Morgan fingerprint density at radius 2 is 1.60 bits per heavy atom. The SMILES string of the molecule is CCCc1cc(OC)c2c(c1O)-c1c(cc(OC)c(OC)c1OC)CC[C@@H]2OCC. The lowest BCUT2D eigenvalue weighted by molar-refractivity contribution is 0.0555. The van der Waals surface area contributed by atoms with Gasteiger partial charge in [-0.25, -0.2) is 0 Å². The summed E-state index contributed by atoms with van der Waals surface area (Å²) in [4.78, 5) is 0. The van der Waals surface area contributed by atoms with E-state index >= 15 is 0 Å². The van der Waals surface area contributed by atoms with Crippen LogP contribution in [-0.4, -0.2) is 40.2 Å². The molecule has 164 valence electrons. The molecule has 30 heavy (non-hydrogen) atoms. The van der Waals surface area contributed by atoms with Gasteiger partial charge < -0.3 is 28.8 Å². The summed E-state index contributed by atoms with van der Waals surface area (Å²) in [5.41, 5.74) is 4.20. The van der Waals surface area contributed by atoms with Gasteiger partial charge in [-0.15, -0.1) is 0 Å². The number of benzene rings is 2. The van der Waals surface area contributed by atoms with Crippen molar-refractivity contribution >= 4 is 0 Å². The van der Waals surface area contributed by atoms with E-state index in [9.17, 15) is 5.11 Å². The molecule has 6 nitrogen and oxygen atoms in total. The average Bonchev–Trinajstić information content (AvgIpc) is 2.92. The number of fused-ring (bicyclic) bond motifs is 3. The van der Waals surface area contributed by atoms with Gasteiger partial charge in [-0.3, -0.25) is 0 Å². The number of aryl methyl sites for hydroxylation is 2. The van der Waals surface area contributed by atoms with E-state index in [0.717, 1.165) is 53.7 Å². The molecule has 0 heterocycles. The summed E-state index contributed by atoms with van der Waals surface area (Å²) < 4.78 is 28.9. The Labute approximate surface area is 178 Å². The van der Waals surface area contributed by atoms with Gasteiger partial charge in [0, 0.05) is 23.3 Å². The Morgan fingerprint density at radius 3 is 2.17 bits per heavy atom. The molecule has 0 amide bonds. The van der Waals surface area contributed by atoms with Crippen molar-refractivity contribution in [2.45, 2.75) is 45.6 Å². The van der Waals surface area contributed by atoms with E-state index in [0.29, 0.717) is 29.4 Å². The fourth-order valence-electron chi connectivity index (χ4n) is 4.39. The highest BCUT2D eigenvalue weighted by Crippen LogP contribution is 2.55. The maximum atomic E-state index is 11.4. The topological polar surface area (TPSA) is 66.4 Å². The van der Waals surface area contributed by atoms with Crippen LogP contribution in [0, 0.1) is 0 Å². The predicted molar refractivity (Wildman–Crippen MR) is 116 cm³/mol. The number of rotatable bonds is 8. The van der Waals surface area contributed by atoms with Crippen LogP contribution in [-0.2, 0) is 17.6 Å². The lowest BCUT2D eigenvalue weighted by Crippen LogP contribution is -2.08. The summed E-state index contributed by atoms with van der Waals surface area (Å²) in [6.07, 6.45) is 2.91. The molecule has 0 saturated heterocycles. The van der Waals surface area contributed by atoms with Crippen molar-refractivity contribution in [3.8, 4) is 39.9 Å². The van der Waals surface area contributed by atoms with Crippen LogP contribution in [0.15, 0.2) is 12.1 Å².